The Morgan fingerprint density at radius 2 is 1.87 bits per heavy atom. The predicted molar refractivity (Wildman–Crippen MR) is 120 cm³/mol. The molecular formula is C21H16ClN5O2S. The molecule has 0 aliphatic heterocycles. The van der Waals surface area contributed by atoms with Gasteiger partial charge < -0.3 is 16.0 Å². The predicted octanol–water partition coefficient (Wildman–Crippen LogP) is 4.70. The summed E-state index contributed by atoms with van der Waals surface area (Å²) in [6.45, 7) is 0. The highest BCUT2D eigenvalue weighted by atomic mass is 35.5. The Bertz CT molecular complexity index is 1260. The van der Waals surface area contributed by atoms with E-state index in [9.17, 15) is 9.59 Å². The van der Waals surface area contributed by atoms with Gasteiger partial charge in [-0.25, -0.2) is 9.97 Å². The number of aromatic nitrogens is 2. The van der Waals surface area contributed by atoms with E-state index < -0.39 is 0 Å². The number of amides is 2. The van der Waals surface area contributed by atoms with E-state index in [1.807, 2.05) is 24.3 Å². The zero-order chi connectivity index (χ0) is 21.1. The van der Waals surface area contributed by atoms with E-state index in [0.717, 1.165) is 10.1 Å². The molecule has 0 spiro atoms. The molecule has 0 aliphatic carbocycles. The van der Waals surface area contributed by atoms with Crippen LogP contribution in [0.25, 0.3) is 10.1 Å². The first kappa shape index (κ1) is 19.8. The van der Waals surface area contributed by atoms with Gasteiger partial charge in [0.25, 0.3) is 11.8 Å². The highest BCUT2D eigenvalue weighted by Crippen LogP contribution is 2.30. The molecule has 3 aromatic heterocycles. The number of halogens is 1. The molecule has 9 heteroatoms. The number of hydrogen-bond acceptors (Lipinski definition) is 6. The van der Waals surface area contributed by atoms with Gasteiger partial charge in [0.2, 0.25) is 0 Å². The van der Waals surface area contributed by atoms with Crippen LogP contribution < -0.4 is 16.0 Å². The molecule has 0 fully saturated rings. The number of rotatable bonds is 5. The number of nitrogens with zero attached hydrogens (tertiary/aromatic N) is 2. The number of benzene rings is 1. The lowest BCUT2D eigenvalue weighted by Crippen LogP contribution is -2.19. The van der Waals surface area contributed by atoms with Crippen LogP contribution in [0.5, 0.6) is 0 Å². The molecule has 0 radical (unpaired) electrons. The van der Waals surface area contributed by atoms with Crippen LogP contribution in [0.2, 0.25) is 5.02 Å². The molecule has 0 unspecified atom stereocenters. The topological polar surface area (TPSA) is 96.0 Å². The molecule has 0 aliphatic rings. The molecule has 0 saturated heterocycles. The Morgan fingerprint density at radius 3 is 2.67 bits per heavy atom. The number of carbonyl (C=O) groups is 2. The number of thiophene rings is 1. The minimum absolute atomic E-state index is 0.306. The lowest BCUT2D eigenvalue weighted by atomic mass is 10.1. The highest BCUT2D eigenvalue weighted by Gasteiger charge is 2.17. The van der Waals surface area contributed by atoms with Crippen LogP contribution in [0, 0.1) is 0 Å². The SMILES string of the molecule is CNC(=O)c1cnc(Nc2ncccc2Cl)c(NC(=O)c2csc3ccccc23)c1. The summed E-state index contributed by atoms with van der Waals surface area (Å²) >= 11 is 7.67. The molecule has 0 atom stereocenters. The van der Waals surface area contributed by atoms with Crippen molar-refractivity contribution in [2.75, 3.05) is 17.7 Å². The lowest BCUT2D eigenvalue weighted by molar-refractivity contribution is 0.0961. The van der Waals surface area contributed by atoms with Gasteiger partial charge >= 0.3 is 0 Å². The molecule has 7 nitrogen and oxygen atoms in total. The maximum absolute atomic E-state index is 13.0. The number of pyridine rings is 2. The van der Waals surface area contributed by atoms with E-state index >= 15 is 0 Å². The first-order chi connectivity index (χ1) is 14.6. The molecule has 30 heavy (non-hydrogen) atoms. The van der Waals surface area contributed by atoms with Crippen molar-refractivity contribution in [3.8, 4) is 0 Å². The van der Waals surface area contributed by atoms with Gasteiger partial charge in [0.15, 0.2) is 5.82 Å². The van der Waals surface area contributed by atoms with Crippen LogP contribution in [0.4, 0.5) is 17.3 Å². The first-order valence-corrected chi connectivity index (χ1v) is 10.2. The van der Waals surface area contributed by atoms with Crippen molar-refractivity contribution in [2.24, 2.45) is 0 Å². The van der Waals surface area contributed by atoms with Gasteiger partial charge in [-0.05, 0) is 24.3 Å². The van der Waals surface area contributed by atoms with Crippen molar-refractivity contribution in [2.45, 2.75) is 0 Å². The Labute approximate surface area is 181 Å². The number of anilines is 3. The fraction of sp³-hybridized carbons (Fsp3) is 0.0476. The summed E-state index contributed by atoms with van der Waals surface area (Å²) in [5, 5.41) is 11.5. The van der Waals surface area contributed by atoms with Crippen molar-refractivity contribution in [3.63, 3.8) is 0 Å². The van der Waals surface area contributed by atoms with Crippen molar-refractivity contribution < 1.29 is 9.59 Å². The molecule has 1 aromatic carbocycles. The Hall–Kier alpha value is -3.49. The second kappa shape index (κ2) is 8.48. The van der Waals surface area contributed by atoms with E-state index in [4.69, 9.17) is 11.6 Å². The minimum atomic E-state index is -0.318. The third kappa shape index (κ3) is 3.96. The summed E-state index contributed by atoms with van der Waals surface area (Å²) in [5.74, 6) is 0.0758. The third-order valence-electron chi connectivity index (χ3n) is 4.35. The molecule has 0 bridgehead atoms. The van der Waals surface area contributed by atoms with Crippen LogP contribution in [0.15, 0.2) is 60.2 Å². The fourth-order valence-corrected chi connectivity index (χ4v) is 3.97. The summed E-state index contributed by atoms with van der Waals surface area (Å²) in [5.41, 5.74) is 1.18. The summed E-state index contributed by atoms with van der Waals surface area (Å²) in [6.07, 6.45) is 3.00. The highest BCUT2D eigenvalue weighted by molar-refractivity contribution is 7.17. The Balaban J connectivity index is 1.71. The van der Waals surface area contributed by atoms with E-state index in [-0.39, 0.29) is 11.8 Å². The van der Waals surface area contributed by atoms with Gasteiger partial charge in [-0.1, -0.05) is 29.8 Å². The molecule has 150 valence electrons. The summed E-state index contributed by atoms with van der Waals surface area (Å²) in [4.78, 5) is 33.6. The van der Waals surface area contributed by atoms with E-state index in [1.165, 1.54) is 24.6 Å². The average molecular weight is 438 g/mol. The van der Waals surface area contributed by atoms with Gasteiger partial charge in [-0.2, -0.15) is 0 Å². The van der Waals surface area contributed by atoms with Crippen molar-refractivity contribution in [3.05, 3.63) is 76.4 Å². The zero-order valence-corrected chi connectivity index (χ0v) is 17.3. The van der Waals surface area contributed by atoms with E-state index in [0.29, 0.717) is 33.5 Å². The quantitative estimate of drug-likeness (QED) is 0.420. The first-order valence-electron chi connectivity index (χ1n) is 8.94. The Morgan fingerprint density at radius 1 is 1.03 bits per heavy atom. The molecule has 4 aromatic rings. The van der Waals surface area contributed by atoms with Gasteiger partial charge in [0, 0.05) is 34.9 Å². The number of fused-ring (bicyclic) bond motifs is 1. The minimum Gasteiger partial charge on any atom is -0.355 e. The second-order valence-electron chi connectivity index (χ2n) is 6.26. The van der Waals surface area contributed by atoms with Crippen LogP contribution in [-0.4, -0.2) is 28.8 Å². The van der Waals surface area contributed by atoms with E-state index in [1.54, 1.807) is 29.8 Å². The van der Waals surface area contributed by atoms with Crippen molar-refractivity contribution in [1.29, 1.82) is 0 Å². The molecule has 2 amide bonds. The standard InChI is InChI=1S/C21H16ClN5O2S/c1-23-20(28)12-9-16(19(25-10-12)27-18-15(22)6-4-8-24-18)26-21(29)14-11-30-17-7-3-2-5-13(14)17/h2-11H,1H3,(H,23,28)(H,26,29)(H,24,25,27). The number of nitrogens with one attached hydrogen (secondary N) is 3. The Kier molecular flexibility index (Phi) is 5.60. The lowest BCUT2D eigenvalue weighted by Gasteiger charge is -2.13. The molecular weight excluding hydrogens is 422 g/mol. The molecule has 3 N–H and O–H groups in total. The monoisotopic (exact) mass is 437 g/mol. The van der Waals surface area contributed by atoms with E-state index in [2.05, 4.69) is 25.9 Å². The zero-order valence-electron chi connectivity index (χ0n) is 15.8. The summed E-state index contributed by atoms with van der Waals surface area (Å²) in [6, 6.07) is 12.6. The normalized spacial score (nSPS) is 10.6. The summed E-state index contributed by atoms with van der Waals surface area (Å²) < 4.78 is 1.01. The molecule has 0 saturated carbocycles. The number of carbonyl (C=O) groups excluding carboxylic acids is 2. The molecule has 3 heterocycles. The largest absolute Gasteiger partial charge is 0.355 e. The van der Waals surface area contributed by atoms with Gasteiger partial charge in [0.1, 0.15) is 5.82 Å². The smallest absolute Gasteiger partial charge is 0.257 e. The third-order valence-corrected chi connectivity index (χ3v) is 5.61. The number of hydrogen-bond donors (Lipinski definition) is 3. The van der Waals surface area contributed by atoms with Crippen LogP contribution >= 0.6 is 22.9 Å². The fourth-order valence-electron chi connectivity index (χ4n) is 2.86. The van der Waals surface area contributed by atoms with Crippen LogP contribution in [-0.2, 0) is 0 Å². The van der Waals surface area contributed by atoms with Gasteiger partial charge in [0.05, 0.1) is 21.8 Å². The maximum Gasteiger partial charge on any atom is 0.257 e. The van der Waals surface area contributed by atoms with Crippen LogP contribution in [0.3, 0.4) is 0 Å². The van der Waals surface area contributed by atoms with Crippen molar-refractivity contribution >= 4 is 62.2 Å². The maximum atomic E-state index is 13.0. The molecule has 4 rings (SSSR count). The van der Waals surface area contributed by atoms with Gasteiger partial charge in [-0.15, -0.1) is 11.3 Å². The van der Waals surface area contributed by atoms with Crippen LogP contribution in [0.1, 0.15) is 20.7 Å². The second-order valence-corrected chi connectivity index (χ2v) is 7.58. The van der Waals surface area contributed by atoms with Gasteiger partial charge in [-0.3, -0.25) is 9.59 Å². The van der Waals surface area contributed by atoms with Crippen molar-refractivity contribution in [1.82, 2.24) is 15.3 Å². The average Bonchev–Trinajstić information content (AvgIpc) is 3.20. The summed E-state index contributed by atoms with van der Waals surface area (Å²) in [7, 11) is 1.53.